The molecular weight excluding hydrogens is 162 g/mol. The second-order valence-corrected chi connectivity index (χ2v) is 3.93. The number of nitrogens with two attached hydrogens (primary N) is 1. The molecular formula is C11H15NO. The van der Waals surface area contributed by atoms with Crippen LogP contribution in [0.1, 0.15) is 30.0 Å². The van der Waals surface area contributed by atoms with Crippen molar-refractivity contribution in [2.45, 2.75) is 25.8 Å². The minimum absolute atomic E-state index is 0.0277. The smallest absolute Gasteiger partial charge is 0.120 e. The zero-order chi connectivity index (χ0) is 9.42. The number of hydrogen-bond donors (Lipinski definition) is 2. The van der Waals surface area contributed by atoms with E-state index in [0.29, 0.717) is 11.7 Å². The second kappa shape index (κ2) is 3.04. The minimum Gasteiger partial charge on any atom is -0.508 e. The van der Waals surface area contributed by atoms with Gasteiger partial charge in [-0.1, -0.05) is 17.7 Å². The van der Waals surface area contributed by atoms with Crippen LogP contribution in [0.3, 0.4) is 0 Å². The highest BCUT2D eigenvalue weighted by molar-refractivity contribution is 5.38. The Balaban J connectivity index is 2.31. The normalized spacial score (nSPS) is 18.6. The Hall–Kier alpha value is -1.02. The van der Waals surface area contributed by atoms with Crippen LogP contribution < -0.4 is 5.73 Å². The lowest BCUT2D eigenvalue weighted by molar-refractivity contribution is 0.456. The van der Waals surface area contributed by atoms with Crippen molar-refractivity contribution in [1.29, 1.82) is 0 Å². The summed E-state index contributed by atoms with van der Waals surface area (Å²) in [5.74, 6) is 0.928. The van der Waals surface area contributed by atoms with Crippen molar-refractivity contribution >= 4 is 0 Å². The molecule has 1 saturated carbocycles. The number of phenolic OH excluding ortho intramolecular Hbond substituents is 1. The highest BCUT2D eigenvalue weighted by atomic mass is 16.3. The first-order valence-corrected chi connectivity index (χ1v) is 4.73. The van der Waals surface area contributed by atoms with E-state index < -0.39 is 0 Å². The van der Waals surface area contributed by atoms with Gasteiger partial charge in [0.1, 0.15) is 5.75 Å². The molecule has 2 nitrogen and oxygen atoms in total. The molecule has 1 aromatic rings. The van der Waals surface area contributed by atoms with Gasteiger partial charge in [-0.05, 0) is 31.7 Å². The van der Waals surface area contributed by atoms with Crippen molar-refractivity contribution < 1.29 is 5.11 Å². The van der Waals surface area contributed by atoms with Gasteiger partial charge in [-0.2, -0.15) is 0 Å². The van der Waals surface area contributed by atoms with E-state index >= 15 is 0 Å². The molecule has 1 fully saturated rings. The third-order valence-electron chi connectivity index (χ3n) is 2.67. The summed E-state index contributed by atoms with van der Waals surface area (Å²) in [4.78, 5) is 0. The van der Waals surface area contributed by atoms with E-state index in [1.165, 1.54) is 12.8 Å². The fraction of sp³-hybridized carbons (Fsp3) is 0.455. The lowest BCUT2D eigenvalue weighted by Gasteiger charge is -2.13. The molecule has 13 heavy (non-hydrogen) atoms. The molecule has 3 N–H and O–H groups in total. The SMILES string of the molecule is Cc1ccc(O)c([C@H](N)C2CC2)c1. The summed E-state index contributed by atoms with van der Waals surface area (Å²) >= 11 is 0. The first-order valence-electron chi connectivity index (χ1n) is 4.73. The summed E-state index contributed by atoms with van der Waals surface area (Å²) in [5, 5.41) is 9.60. The van der Waals surface area contributed by atoms with E-state index in [0.717, 1.165) is 11.1 Å². The molecule has 1 aliphatic rings. The molecule has 1 aliphatic carbocycles. The van der Waals surface area contributed by atoms with Gasteiger partial charge in [0, 0.05) is 11.6 Å². The molecule has 0 aromatic heterocycles. The Morgan fingerprint density at radius 3 is 2.77 bits per heavy atom. The van der Waals surface area contributed by atoms with Crippen LogP contribution in [0.5, 0.6) is 5.75 Å². The summed E-state index contributed by atoms with van der Waals surface area (Å²) in [6.45, 7) is 2.02. The molecule has 2 heteroatoms. The highest BCUT2D eigenvalue weighted by Gasteiger charge is 2.30. The fourth-order valence-corrected chi connectivity index (χ4v) is 1.65. The Morgan fingerprint density at radius 2 is 2.15 bits per heavy atom. The van der Waals surface area contributed by atoms with Crippen molar-refractivity contribution in [2.75, 3.05) is 0 Å². The lowest BCUT2D eigenvalue weighted by Crippen LogP contribution is -2.12. The van der Waals surface area contributed by atoms with E-state index in [4.69, 9.17) is 5.73 Å². The molecule has 70 valence electrons. The predicted molar refractivity (Wildman–Crippen MR) is 52.5 cm³/mol. The van der Waals surface area contributed by atoms with Gasteiger partial charge < -0.3 is 10.8 Å². The van der Waals surface area contributed by atoms with Crippen molar-refractivity contribution in [3.8, 4) is 5.75 Å². The van der Waals surface area contributed by atoms with E-state index in [2.05, 4.69) is 0 Å². The van der Waals surface area contributed by atoms with Crippen molar-refractivity contribution in [2.24, 2.45) is 11.7 Å². The number of hydrogen-bond acceptors (Lipinski definition) is 2. The van der Waals surface area contributed by atoms with E-state index in [1.807, 2.05) is 19.1 Å². The maximum atomic E-state index is 9.60. The van der Waals surface area contributed by atoms with Crippen LogP contribution in [0.4, 0.5) is 0 Å². The predicted octanol–water partition coefficient (Wildman–Crippen LogP) is 2.11. The van der Waals surface area contributed by atoms with Crippen molar-refractivity contribution in [3.63, 3.8) is 0 Å². The van der Waals surface area contributed by atoms with E-state index in [1.54, 1.807) is 6.07 Å². The van der Waals surface area contributed by atoms with Crippen LogP contribution in [-0.4, -0.2) is 5.11 Å². The van der Waals surface area contributed by atoms with E-state index in [9.17, 15) is 5.11 Å². The standard InChI is InChI=1S/C11H15NO/c1-7-2-5-10(13)9(6-7)11(12)8-3-4-8/h2,5-6,8,11,13H,3-4,12H2,1H3/t11-/m1/s1. The third kappa shape index (κ3) is 1.68. The molecule has 0 spiro atoms. The van der Waals surface area contributed by atoms with Gasteiger partial charge in [-0.15, -0.1) is 0 Å². The quantitative estimate of drug-likeness (QED) is 0.726. The molecule has 0 radical (unpaired) electrons. The number of aryl methyl sites for hydroxylation is 1. The van der Waals surface area contributed by atoms with Crippen LogP contribution in [-0.2, 0) is 0 Å². The number of rotatable bonds is 2. The van der Waals surface area contributed by atoms with Crippen molar-refractivity contribution in [1.82, 2.24) is 0 Å². The minimum atomic E-state index is 0.0277. The molecule has 2 rings (SSSR count). The Kier molecular flexibility index (Phi) is 2.00. The average molecular weight is 177 g/mol. The monoisotopic (exact) mass is 177 g/mol. The molecule has 0 amide bonds. The summed E-state index contributed by atoms with van der Waals surface area (Å²) in [6.07, 6.45) is 2.41. The molecule has 0 saturated heterocycles. The van der Waals surface area contributed by atoms with Gasteiger partial charge in [0.05, 0.1) is 0 Å². The summed E-state index contributed by atoms with van der Waals surface area (Å²) in [7, 11) is 0. The number of aromatic hydroxyl groups is 1. The second-order valence-electron chi connectivity index (χ2n) is 3.93. The molecule has 0 aliphatic heterocycles. The zero-order valence-electron chi connectivity index (χ0n) is 7.83. The Morgan fingerprint density at radius 1 is 1.46 bits per heavy atom. The molecule has 0 unspecified atom stereocenters. The number of benzene rings is 1. The summed E-state index contributed by atoms with van der Waals surface area (Å²) < 4.78 is 0. The van der Waals surface area contributed by atoms with Crippen molar-refractivity contribution in [3.05, 3.63) is 29.3 Å². The van der Waals surface area contributed by atoms with Gasteiger partial charge in [0.2, 0.25) is 0 Å². The summed E-state index contributed by atoms with van der Waals surface area (Å²) in [6, 6.07) is 5.64. The highest BCUT2D eigenvalue weighted by Crippen LogP contribution is 2.41. The first-order chi connectivity index (χ1) is 6.18. The average Bonchev–Trinajstić information content (AvgIpc) is 2.91. The van der Waals surface area contributed by atoms with Crippen LogP contribution >= 0.6 is 0 Å². The molecule has 0 bridgehead atoms. The Labute approximate surface area is 78.4 Å². The maximum absolute atomic E-state index is 9.60. The summed E-state index contributed by atoms with van der Waals surface area (Å²) in [5.41, 5.74) is 8.07. The largest absolute Gasteiger partial charge is 0.508 e. The van der Waals surface area contributed by atoms with Gasteiger partial charge in [-0.3, -0.25) is 0 Å². The zero-order valence-corrected chi connectivity index (χ0v) is 7.83. The van der Waals surface area contributed by atoms with Gasteiger partial charge in [-0.25, -0.2) is 0 Å². The topological polar surface area (TPSA) is 46.2 Å². The Bertz CT molecular complexity index is 318. The van der Waals surface area contributed by atoms with Crippen LogP contribution in [0.2, 0.25) is 0 Å². The molecule has 1 atom stereocenters. The molecule has 0 heterocycles. The maximum Gasteiger partial charge on any atom is 0.120 e. The van der Waals surface area contributed by atoms with Crippen LogP contribution in [0.25, 0.3) is 0 Å². The van der Waals surface area contributed by atoms with E-state index in [-0.39, 0.29) is 6.04 Å². The van der Waals surface area contributed by atoms with Crippen LogP contribution in [0.15, 0.2) is 18.2 Å². The van der Waals surface area contributed by atoms with Crippen LogP contribution in [0, 0.1) is 12.8 Å². The fourth-order valence-electron chi connectivity index (χ4n) is 1.65. The van der Waals surface area contributed by atoms with Gasteiger partial charge in [0.25, 0.3) is 0 Å². The number of phenols is 1. The third-order valence-corrected chi connectivity index (χ3v) is 2.67. The van der Waals surface area contributed by atoms with Gasteiger partial charge in [0.15, 0.2) is 0 Å². The lowest BCUT2D eigenvalue weighted by atomic mass is 10.0. The van der Waals surface area contributed by atoms with Gasteiger partial charge >= 0.3 is 0 Å². The first kappa shape index (κ1) is 8.57. The molecule has 1 aromatic carbocycles.